The van der Waals surface area contributed by atoms with E-state index in [1.807, 2.05) is 12.3 Å². The summed E-state index contributed by atoms with van der Waals surface area (Å²) < 4.78 is 5.66. The van der Waals surface area contributed by atoms with Gasteiger partial charge >= 0.3 is 5.97 Å². The molecule has 0 unspecified atom stereocenters. The second-order valence-corrected chi connectivity index (χ2v) is 6.34. The molecule has 2 aromatic rings. The third-order valence-electron chi connectivity index (χ3n) is 3.25. The van der Waals surface area contributed by atoms with E-state index in [1.165, 1.54) is 0 Å². The molecular weight excluding hydrogens is 328 g/mol. The first-order valence-corrected chi connectivity index (χ1v) is 8.56. The maximum absolute atomic E-state index is 12.1. The number of benzene rings is 1. The van der Waals surface area contributed by atoms with Gasteiger partial charge in [0, 0.05) is 23.9 Å². The van der Waals surface area contributed by atoms with Crippen molar-refractivity contribution in [2.75, 3.05) is 6.54 Å². The number of unbranched alkanes of at least 4 members (excludes halogenated alkanes) is 1. The maximum Gasteiger partial charge on any atom is 0.303 e. The lowest BCUT2D eigenvalue weighted by Gasteiger charge is -2.08. The number of nitrogens with zero attached hydrogens (tertiary/aromatic N) is 1. The van der Waals surface area contributed by atoms with E-state index >= 15 is 0 Å². The van der Waals surface area contributed by atoms with E-state index in [1.54, 1.807) is 35.6 Å². The zero-order valence-corrected chi connectivity index (χ0v) is 14.3. The van der Waals surface area contributed by atoms with Crippen LogP contribution in [-0.2, 0) is 11.4 Å². The van der Waals surface area contributed by atoms with Gasteiger partial charge in [0.2, 0.25) is 0 Å². The van der Waals surface area contributed by atoms with E-state index in [-0.39, 0.29) is 12.3 Å². The number of thiazole rings is 1. The first-order chi connectivity index (χ1) is 11.5. The Bertz CT molecular complexity index is 699. The van der Waals surface area contributed by atoms with Crippen molar-refractivity contribution >= 4 is 23.2 Å². The van der Waals surface area contributed by atoms with E-state index in [0.29, 0.717) is 37.3 Å². The Morgan fingerprint density at radius 2 is 2.17 bits per heavy atom. The highest BCUT2D eigenvalue weighted by Crippen LogP contribution is 2.16. The number of carboxylic acids is 1. The minimum absolute atomic E-state index is 0.120. The molecule has 2 rings (SSSR count). The zero-order chi connectivity index (χ0) is 17.4. The number of aromatic nitrogens is 1. The monoisotopic (exact) mass is 348 g/mol. The first kappa shape index (κ1) is 17.9. The second-order valence-electron chi connectivity index (χ2n) is 5.28. The summed E-state index contributed by atoms with van der Waals surface area (Å²) in [5.41, 5.74) is 1.38. The fourth-order valence-corrected chi connectivity index (χ4v) is 2.66. The Morgan fingerprint density at radius 1 is 1.33 bits per heavy atom. The minimum atomic E-state index is -0.818. The molecule has 128 valence electrons. The summed E-state index contributed by atoms with van der Waals surface area (Å²) in [5, 5.41) is 14.3. The lowest BCUT2D eigenvalue weighted by molar-refractivity contribution is -0.137. The molecule has 0 saturated carbocycles. The molecule has 2 N–H and O–H groups in total. The predicted molar refractivity (Wildman–Crippen MR) is 91.4 cm³/mol. The van der Waals surface area contributed by atoms with Gasteiger partial charge in [-0.25, -0.2) is 4.98 Å². The third-order valence-corrected chi connectivity index (χ3v) is 4.07. The molecule has 0 aliphatic carbocycles. The minimum Gasteiger partial charge on any atom is -0.487 e. The predicted octanol–water partition coefficient (Wildman–Crippen LogP) is 3.02. The average Bonchev–Trinajstić information content (AvgIpc) is 2.98. The van der Waals surface area contributed by atoms with Gasteiger partial charge in [0.25, 0.3) is 5.91 Å². The lowest BCUT2D eigenvalue weighted by atomic mass is 10.2. The highest BCUT2D eigenvalue weighted by Gasteiger charge is 2.07. The van der Waals surface area contributed by atoms with Gasteiger partial charge < -0.3 is 15.2 Å². The average molecular weight is 348 g/mol. The normalized spacial score (nSPS) is 10.4. The Kier molecular flexibility index (Phi) is 6.74. The Morgan fingerprint density at radius 3 is 2.88 bits per heavy atom. The molecule has 0 atom stereocenters. The summed E-state index contributed by atoms with van der Waals surface area (Å²) in [6.07, 6.45) is 1.30. The summed E-state index contributed by atoms with van der Waals surface area (Å²) in [6, 6.07) is 6.96. The van der Waals surface area contributed by atoms with Gasteiger partial charge in [-0.2, -0.15) is 0 Å². The van der Waals surface area contributed by atoms with Crippen molar-refractivity contribution in [1.29, 1.82) is 0 Å². The molecule has 1 amide bonds. The molecule has 0 radical (unpaired) electrons. The molecule has 0 fully saturated rings. The number of aliphatic carboxylic acids is 1. The van der Waals surface area contributed by atoms with Crippen molar-refractivity contribution in [3.63, 3.8) is 0 Å². The largest absolute Gasteiger partial charge is 0.487 e. The molecule has 1 aromatic carbocycles. The number of ether oxygens (including phenoxy) is 1. The van der Waals surface area contributed by atoms with Crippen molar-refractivity contribution in [2.45, 2.75) is 32.8 Å². The van der Waals surface area contributed by atoms with Crippen LogP contribution >= 0.6 is 11.3 Å². The van der Waals surface area contributed by atoms with Gasteiger partial charge in [0.15, 0.2) is 0 Å². The lowest BCUT2D eigenvalue weighted by Crippen LogP contribution is -2.24. The first-order valence-electron chi connectivity index (χ1n) is 7.68. The number of amides is 1. The molecule has 1 heterocycles. The fourth-order valence-electron chi connectivity index (χ4n) is 2.06. The van der Waals surface area contributed by atoms with Crippen LogP contribution in [0.15, 0.2) is 29.6 Å². The SMILES string of the molecule is Cc1nc(COc2cccc(C(=O)NCCCCC(=O)O)c2)cs1. The number of carbonyl (C=O) groups is 2. The Labute approximate surface area is 144 Å². The topological polar surface area (TPSA) is 88.5 Å². The van der Waals surface area contributed by atoms with Crippen LogP contribution in [0.3, 0.4) is 0 Å². The van der Waals surface area contributed by atoms with Gasteiger partial charge in [-0.05, 0) is 38.0 Å². The number of hydrogen-bond donors (Lipinski definition) is 2. The smallest absolute Gasteiger partial charge is 0.303 e. The summed E-state index contributed by atoms with van der Waals surface area (Å²) in [5.74, 6) is -0.402. The maximum atomic E-state index is 12.1. The van der Waals surface area contributed by atoms with Crippen LogP contribution in [0.1, 0.15) is 40.3 Å². The van der Waals surface area contributed by atoms with Gasteiger partial charge in [-0.15, -0.1) is 11.3 Å². The quantitative estimate of drug-likeness (QED) is 0.680. The van der Waals surface area contributed by atoms with E-state index in [9.17, 15) is 9.59 Å². The van der Waals surface area contributed by atoms with Crippen LogP contribution in [-0.4, -0.2) is 28.5 Å². The highest BCUT2D eigenvalue weighted by molar-refractivity contribution is 7.09. The molecule has 1 aromatic heterocycles. The van der Waals surface area contributed by atoms with Crippen LogP contribution in [0.4, 0.5) is 0 Å². The van der Waals surface area contributed by atoms with Crippen LogP contribution in [0, 0.1) is 6.92 Å². The molecule has 0 bridgehead atoms. The molecule has 0 saturated heterocycles. The van der Waals surface area contributed by atoms with Crippen molar-refractivity contribution in [2.24, 2.45) is 0 Å². The van der Waals surface area contributed by atoms with E-state index in [4.69, 9.17) is 9.84 Å². The number of nitrogens with one attached hydrogen (secondary N) is 1. The van der Waals surface area contributed by atoms with Crippen molar-refractivity contribution in [3.8, 4) is 5.75 Å². The van der Waals surface area contributed by atoms with E-state index in [2.05, 4.69) is 10.3 Å². The molecule has 7 heteroatoms. The number of aryl methyl sites for hydroxylation is 1. The molecule has 0 aliphatic rings. The second kappa shape index (κ2) is 9.02. The van der Waals surface area contributed by atoms with Crippen molar-refractivity contribution < 1.29 is 19.4 Å². The number of carboxylic acid groups (broad SMARTS) is 1. The number of carbonyl (C=O) groups excluding carboxylic acids is 1. The number of hydrogen-bond acceptors (Lipinski definition) is 5. The molecular formula is C17H20N2O4S. The third kappa shape index (κ3) is 6.00. The Balaban J connectivity index is 1.80. The molecule has 24 heavy (non-hydrogen) atoms. The fraction of sp³-hybridized carbons (Fsp3) is 0.353. The van der Waals surface area contributed by atoms with Gasteiger partial charge in [0.05, 0.1) is 10.7 Å². The van der Waals surface area contributed by atoms with Crippen LogP contribution in [0.5, 0.6) is 5.75 Å². The van der Waals surface area contributed by atoms with Crippen molar-refractivity contribution in [3.05, 3.63) is 45.9 Å². The van der Waals surface area contributed by atoms with Gasteiger partial charge in [-0.3, -0.25) is 9.59 Å². The van der Waals surface area contributed by atoms with E-state index < -0.39 is 5.97 Å². The Hall–Kier alpha value is -2.41. The molecule has 6 nitrogen and oxygen atoms in total. The summed E-state index contributed by atoms with van der Waals surface area (Å²) in [7, 11) is 0. The van der Waals surface area contributed by atoms with Crippen LogP contribution in [0.25, 0.3) is 0 Å². The molecule has 0 aliphatic heterocycles. The molecule has 0 spiro atoms. The summed E-state index contributed by atoms with van der Waals surface area (Å²) in [6.45, 7) is 2.76. The summed E-state index contributed by atoms with van der Waals surface area (Å²) in [4.78, 5) is 26.8. The van der Waals surface area contributed by atoms with E-state index in [0.717, 1.165) is 10.7 Å². The van der Waals surface area contributed by atoms with Gasteiger partial charge in [-0.1, -0.05) is 6.07 Å². The number of rotatable bonds is 9. The standard InChI is InChI=1S/C17H20N2O4S/c1-12-19-14(11-24-12)10-23-15-6-4-5-13(9-15)17(22)18-8-3-2-7-16(20)21/h4-6,9,11H,2-3,7-8,10H2,1H3,(H,18,22)(H,20,21). The van der Waals surface area contributed by atoms with Crippen molar-refractivity contribution in [1.82, 2.24) is 10.3 Å². The van der Waals surface area contributed by atoms with Gasteiger partial charge in [0.1, 0.15) is 12.4 Å². The van der Waals surface area contributed by atoms with Crippen LogP contribution in [0.2, 0.25) is 0 Å². The van der Waals surface area contributed by atoms with Crippen LogP contribution < -0.4 is 10.1 Å². The highest BCUT2D eigenvalue weighted by atomic mass is 32.1. The zero-order valence-electron chi connectivity index (χ0n) is 13.4. The summed E-state index contributed by atoms with van der Waals surface area (Å²) >= 11 is 1.57.